The Labute approximate surface area is 117 Å². The molecule has 0 saturated carbocycles. The van der Waals surface area contributed by atoms with Gasteiger partial charge in [0.05, 0.1) is 13.1 Å². The summed E-state index contributed by atoms with van der Waals surface area (Å²) in [6.07, 6.45) is 0.800. The number of carbonyl (C=O) groups excluding carboxylic acids is 2. The van der Waals surface area contributed by atoms with Gasteiger partial charge in [0, 0.05) is 17.3 Å². The number of carbonyl (C=O) groups is 2. The van der Waals surface area contributed by atoms with Crippen LogP contribution in [0.2, 0.25) is 0 Å². The second-order valence-corrected chi connectivity index (χ2v) is 4.77. The van der Waals surface area contributed by atoms with Crippen LogP contribution < -0.4 is 16.4 Å². The lowest BCUT2D eigenvalue weighted by Gasteiger charge is -2.13. The first-order chi connectivity index (χ1) is 8.11. The van der Waals surface area contributed by atoms with E-state index in [-0.39, 0.29) is 43.4 Å². The molecule has 0 radical (unpaired) electrons. The molecule has 0 aliphatic heterocycles. The van der Waals surface area contributed by atoms with Crippen LogP contribution in [0.15, 0.2) is 17.5 Å². The summed E-state index contributed by atoms with van der Waals surface area (Å²) in [5, 5.41) is 7.24. The smallest absolute Gasteiger partial charge is 0.239 e. The first kappa shape index (κ1) is 16.9. The van der Waals surface area contributed by atoms with Gasteiger partial charge in [0.25, 0.3) is 0 Å². The molecule has 1 rings (SSSR count). The number of hydrogen-bond donors (Lipinski definition) is 3. The summed E-state index contributed by atoms with van der Waals surface area (Å²) < 4.78 is 0. The van der Waals surface area contributed by atoms with Crippen molar-refractivity contribution in [3.8, 4) is 0 Å². The fourth-order valence-corrected chi connectivity index (χ4v) is 2.19. The topological polar surface area (TPSA) is 84.2 Å². The molecule has 5 nitrogen and oxygen atoms in total. The summed E-state index contributed by atoms with van der Waals surface area (Å²) in [6, 6.07) is 4.07. The molecule has 102 valence electrons. The number of amides is 2. The zero-order valence-electron chi connectivity index (χ0n) is 10.1. The van der Waals surface area contributed by atoms with Gasteiger partial charge in [-0.15, -0.1) is 23.7 Å². The number of halogens is 1. The van der Waals surface area contributed by atoms with Crippen molar-refractivity contribution in [1.29, 1.82) is 0 Å². The largest absolute Gasteiger partial charge is 0.352 e. The van der Waals surface area contributed by atoms with Crippen LogP contribution in [0.3, 0.4) is 0 Å². The van der Waals surface area contributed by atoms with Gasteiger partial charge in [-0.25, -0.2) is 0 Å². The van der Waals surface area contributed by atoms with Crippen molar-refractivity contribution in [2.75, 3.05) is 13.1 Å². The average molecular weight is 292 g/mol. The van der Waals surface area contributed by atoms with E-state index in [9.17, 15) is 9.59 Å². The van der Waals surface area contributed by atoms with Crippen LogP contribution in [0.4, 0.5) is 0 Å². The third-order valence-corrected chi connectivity index (χ3v) is 3.03. The van der Waals surface area contributed by atoms with Gasteiger partial charge in [-0.3, -0.25) is 9.59 Å². The van der Waals surface area contributed by atoms with Gasteiger partial charge in [-0.05, 0) is 18.4 Å². The molecule has 7 heteroatoms. The molecule has 1 unspecified atom stereocenters. The Kier molecular flexibility index (Phi) is 8.36. The second kappa shape index (κ2) is 8.91. The number of hydrogen-bond acceptors (Lipinski definition) is 4. The molecule has 0 bridgehead atoms. The van der Waals surface area contributed by atoms with E-state index in [4.69, 9.17) is 5.73 Å². The highest BCUT2D eigenvalue weighted by Gasteiger charge is 2.09. The second-order valence-electron chi connectivity index (χ2n) is 3.73. The van der Waals surface area contributed by atoms with Crippen LogP contribution in [0.5, 0.6) is 0 Å². The lowest BCUT2D eigenvalue weighted by Crippen LogP contribution is -2.43. The van der Waals surface area contributed by atoms with Crippen molar-refractivity contribution in [2.45, 2.75) is 19.4 Å². The van der Waals surface area contributed by atoms with E-state index in [1.54, 1.807) is 11.3 Å². The van der Waals surface area contributed by atoms with Crippen molar-refractivity contribution in [3.63, 3.8) is 0 Å². The summed E-state index contributed by atoms with van der Waals surface area (Å²) in [4.78, 5) is 23.5. The SMILES string of the molecule is CC(Cc1cccs1)NC(=O)CNC(=O)CN.Cl. The molecule has 0 spiro atoms. The predicted octanol–water partition coefficient (Wildman–Crippen LogP) is 0.292. The highest BCUT2D eigenvalue weighted by Crippen LogP contribution is 2.10. The van der Waals surface area contributed by atoms with Gasteiger partial charge in [-0.1, -0.05) is 6.07 Å². The van der Waals surface area contributed by atoms with Gasteiger partial charge in [0.15, 0.2) is 0 Å². The molecule has 1 aromatic heterocycles. The standard InChI is InChI=1S/C11H17N3O2S.ClH/c1-8(5-9-3-2-4-17-9)14-11(16)7-13-10(15)6-12;/h2-4,8H,5-7,12H2,1H3,(H,13,15)(H,14,16);1H. The molecule has 0 saturated heterocycles. The third-order valence-electron chi connectivity index (χ3n) is 2.13. The van der Waals surface area contributed by atoms with Gasteiger partial charge >= 0.3 is 0 Å². The molecule has 0 fully saturated rings. The van der Waals surface area contributed by atoms with Crippen LogP contribution in [0, 0.1) is 0 Å². The van der Waals surface area contributed by atoms with E-state index in [0.717, 1.165) is 6.42 Å². The minimum absolute atomic E-state index is 0. The fraction of sp³-hybridized carbons (Fsp3) is 0.455. The summed E-state index contributed by atoms with van der Waals surface area (Å²) >= 11 is 1.66. The summed E-state index contributed by atoms with van der Waals surface area (Å²) in [5.41, 5.74) is 5.11. The average Bonchev–Trinajstić information content (AvgIpc) is 2.78. The molecule has 0 aliphatic carbocycles. The maximum absolute atomic E-state index is 11.4. The van der Waals surface area contributed by atoms with E-state index < -0.39 is 0 Å². The maximum Gasteiger partial charge on any atom is 0.239 e. The van der Waals surface area contributed by atoms with Crippen molar-refractivity contribution in [3.05, 3.63) is 22.4 Å². The van der Waals surface area contributed by atoms with Crippen molar-refractivity contribution >= 4 is 35.6 Å². The Morgan fingerprint density at radius 1 is 1.44 bits per heavy atom. The highest BCUT2D eigenvalue weighted by atomic mass is 35.5. The van der Waals surface area contributed by atoms with Crippen molar-refractivity contribution in [1.82, 2.24) is 10.6 Å². The quantitative estimate of drug-likeness (QED) is 0.704. The van der Waals surface area contributed by atoms with Crippen LogP contribution in [-0.4, -0.2) is 30.9 Å². The Balaban J connectivity index is 0.00000289. The molecular weight excluding hydrogens is 274 g/mol. The first-order valence-electron chi connectivity index (χ1n) is 5.40. The van der Waals surface area contributed by atoms with Gasteiger partial charge in [0.2, 0.25) is 11.8 Å². The molecule has 1 atom stereocenters. The summed E-state index contributed by atoms with van der Waals surface area (Å²) in [6.45, 7) is 1.81. The number of nitrogens with two attached hydrogens (primary N) is 1. The molecule has 2 amide bonds. The van der Waals surface area contributed by atoms with Crippen molar-refractivity contribution in [2.24, 2.45) is 5.73 Å². The van der Waals surface area contributed by atoms with Gasteiger partial charge < -0.3 is 16.4 Å². The van der Waals surface area contributed by atoms with E-state index >= 15 is 0 Å². The molecule has 18 heavy (non-hydrogen) atoms. The van der Waals surface area contributed by atoms with Crippen LogP contribution in [0.1, 0.15) is 11.8 Å². The van der Waals surface area contributed by atoms with Crippen LogP contribution >= 0.6 is 23.7 Å². The molecule has 0 aliphatic rings. The van der Waals surface area contributed by atoms with Gasteiger partial charge in [0.1, 0.15) is 0 Å². The van der Waals surface area contributed by atoms with E-state index in [1.165, 1.54) is 4.88 Å². The Morgan fingerprint density at radius 3 is 2.72 bits per heavy atom. The maximum atomic E-state index is 11.4. The minimum Gasteiger partial charge on any atom is -0.352 e. The number of rotatable bonds is 6. The highest BCUT2D eigenvalue weighted by molar-refractivity contribution is 7.09. The zero-order valence-corrected chi connectivity index (χ0v) is 11.8. The molecule has 0 aromatic carbocycles. The van der Waals surface area contributed by atoms with Crippen molar-refractivity contribution < 1.29 is 9.59 Å². The van der Waals surface area contributed by atoms with E-state index in [2.05, 4.69) is 10.6 Å². The fourth-order valence-electron chi connectivity index (χ4n) is 1.36. The van der Waals surface area contributed by atoms with Gasteiger partial charge in [-0.2, -0.15) is 0 Å². The molecular formula is C11H18ClN3O2S. The third kappa shape index (κ3) is 6.58. The molecule has 1 aromatic rings. The Hall–Kier alpha value is -1.11. The Bertz CT molecular complexity index is 370. The molecule has 4 N–H and O–H groups in total. The lowest BCUT2D eigenvalue weighted by molar-refractivity contribution is -0.125. The first-order valence-corrected chi connectivity index (χ1v) is 6.28. The predicted molar refractivity (Wildman–Crippen MR) is 74.9 cm³/mol. The normalized spacial score (nSPS) is 11.2. The number of thiophene rings is 1. The summed E-state index contributed by atoms with van der Waals surface area (Å²) in [7, 11) is 0. The van der Waals surface area contributed by atoms with E-state index in [1.807, 2.05) is 24.4 Å². The monoisotopic (exact) mass is 291 g/mol. The molecule has 1 heterocycles. The number of nitrogens with one attached hydrogen (secondary N) is 2. The minimum atomic E-state index is -0.328. The van der Waals surface area contributed by atoms with Crippen LogP contribution in [0.25, 0.3) is 0 Å². The van der Waals surface area contributed by atoms with Crippen LogP contribution in [-0.2, 0) is 16.0 Å². The Morgan fingerprint density at radius 2 is 2.17 bits per heavy atom. The summed E-state index contributed by atoms with van der Waals surface area (Å²) in [5.74, 6) is -0.526. The lowest BCUT2D eigenvalue weighted by atomic mass is 10.2. The zero-order chi connectivity index (χ0) is 12.7. The van der Waals surface area contributed by atoms with E-state index in [0.29, 0.717) is 0 Å².